The smallest absolute Gasteiger partial charge is 0.217 e. The van der Waals surface area contributed by atoms with Crippen molar-refractivity contribution >= 4 is 23.3 Å². The van der Waals surface area contributed by atoms with Crippen LogP contribution in [0.1, 0.15) is 23.4 Å². The predicted molar refractivity (Wildman–Crippen MR) is 146 cm³/mol. The SMILES string of the molecule is Cc1nccn1-c1ccc(-c2cnc(C(Cc3ccccn3)N(C=O)c3cc4ccccc4o3)n2C)cc1. The van der Waals surface area contributed by atoms with Crippen molar-refractivity contribution in [2.75, 3.05) is 4.90 Å². The number of pyridine rings is 1. The minimum atomic E-state index is -0.436. The molecule has 4 aromatic heterocycles. The first-order valence-corrected chi connectivity index (χ1v) is 12.4. The second-order valence-corrected chi connectivity index (χ2v) is 9.13. The van der Waals surface area contributed by atoms with Crippen molar-refractivity contribution in [3.8, 4) is 16.9 Å². The Morgan fingerprint density at radius 2 is 1.79 bits per heavy atom. The van der Waals surface area contributed by atoms with Gasteiger partial charge in [0.2, 0.25) is 12.3 Å². The number of aromatic nitrogens is 5. The molecule has 4 heterocycles. The molecule has 8 heteroatoms. The molecule has 0 spiro atoms. The van der Waals surface area contributed by atoms with Crippen LogP contribution in [0.15, 0.2) is 102 Å². The highest BCUT2D eigenvalue weighted by Crippen LogP contribution is 2.34. The summed E-state index contributed by atoms with van der Waals surface area (Å²) >= 11 is 0. The summed E-state index contributed by atoms with van der Waals surface area (Å²) in [7, 11) is 1.97. The minimum Gasteiger partial charge on any atom is -0.440 e. The minimum absolute atomic E-state index is 0.436. The maximum atomic E-state index is 12.6. The number of anilines is 1. The largest absolute Gasteiger partial charge is 0.440 e. The number of carbonyl (C=O) groups is 1. The number of rotatable bonds is 8. The van der Waals surface area contributed by atoms with Gasteiger partial charge in [0.05, 0.1) is 11.9 Å². The average Bonchev–Trinajstić information content (AvgIpc) is 3.67. The summed E-state index contributed by atoms with van der Waals surface area (Å²) in [5.41, 5.74) is 4.57. The van der Waals surface area contributed by atoms with E-state index in [-0.39, 0.29) is 0 Å². The van der Waals surface area contributed by atoms with Gasteiger partial charge >= 0.3 is 0 Å². The summed E-state index contributed by atoms with van der Waals surface area (Å²) < 4.78 is 10.2. The Hall–Kier alpha value is -4.98. The molecular weight excluding hydrogens is 476 g/mol. The summed E-state index contributed by atoms with van der Waals surface area (Å²) in [5, 5.41) is 0.930. The van der Waals surface area contributed by atoms with Crippen LogP contribution >= 0.6 is 0 Å². The molecule has 8 nitrogen and oxygen atoms in total. The number of benzene rings is 2. The molecule has 6 rings (SSSR count). The van der Waals surface area contributed by atoms with Crippen LogP contribution in [-0.4, -0.2) is 30.5 Å². The van der Waals surface area contributed by atoms with Crippen LogP contribution in [0.5, 0.6) is 0 Å². The summed E-state index contributed by atoms with van der Waals surface area (Å²) in [4.78, 5) is 27.8. The second kappa shape index (κ2) is 9.82. The van der Waals surface area contributed by atoms with E-state index in [2.05, 4.69) is 34.2 Å². The van der Waals surface area contributed by atoms with Crippen molar-refractivity contribution in [3.63, 3.8) is 0 Å². The number of carbonyl (C=O) groups excluding carboxylic acids is 1. The lowest BCUT2D eigenvalue weighted by atomic mass is 10.1. The van der Waals surface area contributed by atoms with Gasteiger partial charge in [-0.05, 0) is 42.8 Å². The summed E-state index contributed by atoms with van der Waals surface area (Å²) in [5.74, 6) is 2.12. The van der Waals surface area contributed by atoms with Gasteiger partial charge < -0.3 is 13.6 Å². The van der Waals surface area contributed by atoms with E-state index in [1.54, 1.807) is 17.3 Å². The highest BCUT2D eigenvalue weighted by Gasteiger charge is 2.29. The van der Waals surface area contributed by atoms with Crippen molar-refractivity contribution in [2.45, 2.75) is 19.4 Å². The Balaban J connectivity index is 1.39. The zero-order valence-corrected chi connectivity index (χ0v) is 21.1. The zero-order valence-electron chi connectivity index (χ0n) is 21.1. The van der Waals surface area contributed by atoms with Gasteiger partial charge in [0, 0.05) is 54.9 Å². The number of furan rings is 1. The van der Waals surface area contributed by atoms with Gasteiger partial charge in [-0.15, -0.1) is 0 Å². The number of fused-ring (bicyclic) bond motifs is 1. The topological polar surface area (TPSA) is 82.0 Å². The predicted octanol–water partition coefficient (Wildman–Crippen LogP) is 5.67. The lowest BCUT2D eigenvalue weighted by Crippen LogP contribution is -2.31. The van der Waals surface area contributed by atoms with Crippen LogP contribution in [0.4, 0.5) is 5.88 Å². The molecule has 2 aromatic carbocycles. The Morgan fingerprint density at radius 3 is 2.50 bits per heavy atom. The summed E-state index contributed by atoms with van der Waals surface area (Å²) in [6.07, 6.45) is 8.62. The number of hydrogen-bond donors (Lipinski definition) is 0. The Labute approximate surface area is 219 Å². The number of para-hydroxylation sites is 1. The molecule has 0 aliphatic rings. The second-order valence-electron chi connectivity index (χ2n) is 9.13. The Bertz CT molecular complexity index is 1670. The van der Waals surface area contributed by atoms with Crippen LogP contribution in [-0.2, 0) is 18.3 Å². The van der Waals surface area contributed by atoms with Crippen LogP contribution in [0.2, 0.25) is 0 Å². The van der Waals surface area contributed by atoms with Gasteiger partial charge in [-0.25, -0.2) is 9.97 Å². The average molecular weight is 503 g/mol. The third-order valence-corrected chi connectivity index (χ3v) is 6.83. The summed E-state index contributed by atoms with van der Waals surface area (Å²) in [6.45, 7) is 1.98. The number of imidazole rings is 2. The molecule has 38 heavy (non-hydrogen) atoms. The fourth-order valence-electron chi connectivity index (χ4n) is 4.85. The Morgan fingerprint density at radius 1 is 0.974 bits per heavy atom. The molecule has 0 saturated heterocycles. The van der Waals surface area contributed by atoms with Crippen LogP contribution < -0.4 is 4.90 Å². The molecule has 0 radical (unpaired) electrons. The van der Waals surface area contributed by atoms with E-state index >= 15 is 0 Å². The third kappa shape index (κ3) is 4.26. The van der Waals surface area contributed by atoms with Gasteiger partial charge in [0.1, 0.15) is 23.3 Å². The summed E-state index contributed by atoms with van der Waals surface area (Å²) in [6, 6.07) is 23.2. The van der Waals surface area contributed by atoms with Crippen molar-refractivity contribution in [2.24, 2.45) is 7.05 Å². The standard InChI is InChI=1S/C30H26N6O2/c1-21-31-15-16-35(21)25-12-10-22(11-13-25)27-19-33-30(34(27)2)26(18-24-8-5-6-14-32-24)36(20-37)29-17-23-7-3-4-9-28(23)38-29/h3-17,19-20,26H,18H2,1-2H3. The van der Waals surface area contributed by atoms with Gasteiger partial charge in [-0.3, -0.25) is 14.7 Å². The normalized spacial score (nSPS) is 12.1. The fraction of sp³-hybridized carbons (Fsp3) is 0.133. The molecule has 6 aromatic rings. The molecule has 1 atom stereocenters. The van der Waals surface area contributed by atoms with E-state index in [1.807, 2.05) is 84.0 Å². The lowest BCUT2D eigenvalue weighted by Gasteiger charge is -2.26. The number of amides is 1. The number of aryl methyl sites for hydroxylation is 1. The van der Waals surface area contributed by atoms with Gasteiger partial charge in [0.15, 0.2) is 0 Å². The molecule has 1 unspecified atom stereocenters. The van der Waals surface area contributed by atoms with Crippen molar-refractivity contribution in [1.82, 2.24) is 24.1 Å². The lowest BCUT2D eigenvalue weighted by molar-refractivity contribution is -0.108. The maximum absolute atomic E-state index is 12.6. The fourth-order valence-corrected chi connectivity index (χ4v) is 4.85. The van der Waals surface area contributed by atoms with Crippen molar-refractivity contribution in [3.05, 3.63) is 115 Å². The van der Waals surface area contributed by atoms with Crippen LogP contribution in [0, 0.1) is 6.92 Å². The van der Waals surface area contributed by atoms with E-state index < -0.39 is 6.04 Å². The molecule has 0 N–H and O–H groups in total. The highest BCUT2D eigenvalue weighted by atomic mass is 16.4. The molecule has 188 valence electrons. The highest BCUT2D eigenvalue weighted by molar-refractivity contribution is 5.85. The number of hydrogen-bond acceptors (Lipinski definition) is 5. The van der Waals surface area contributed by atoms with E-state index in [0.29, 0.717) is 12.3 Å². The first-order chi connectivity index (χ1) is 18.6. The van der Waals surface area contributed by atoms with Gasteiger partial charge in [-0.1, -0.05) is 36.4 Å². The van der Waals surface area contributed by atoms with E-state index in [4.69, 9.17) is 9.40 Å². The quantitative estimate of drug-likeness (QED) is 0.251. The Kier molecular flexibility index (Phi) is 6.05. The van der Waals surface area contributed by atoms with Crippen LogP contribution in [0.25, 0.3) is 27.9 Å². The molecule has 0 aliphatic heterocycles. The molecule has 0 fully saturated rings. The molecule has 0 aliphatic carbocycles. The third-order valence-electron chi connectivity index (χ3n) is 6.83. The van der Waals surface area contributed by atoms with E-state index in [9.17, 15) is 4.79 Å². The zero-order chi connectivity index (χ0) is 26.1. The molecule has 1 amide bonds. The van der Waals surface area contributed by atoms with Gasteiger partial charge in [0.25, 0.3) is 0 Å². The van der Waals surface area contributed by atoms with E-state index in [0.717, 1.165) is 51.7 Å². The van der Waals surface area contributed by atoms with E-state index in [1.165, 1.54) is 0 Å². The molecular formula is C30H26N6O2. The van der Waals surface area contributed by atoms with Crippen molar-refractivity contribution < 1.29 is 9.21 Å². The monoisotopic (exact) mass is 502 g/mol. The number of nitrogens with zero attached hydrogens (tertiary/aromatic N) is 6. The first-order valence-electron chi connectivity index (χ1n) is 12.4. The molecule has 0 bridgehead atoms. The first kappa shape index (κ1) is 23.4. The maximum Gasteiger partial charge on any atom is 0.217 e. The van der Waals surface area contributed by atoms with Crippen molar-refractivity contribution in [1.29, 1.82) is 0 Å². The molecule has 0 saturated carbocycles. The van der Waals surface area contributed by atoms with Crippen LogP contribution in [0.3, 0.4) is 0 Å². The van der Waals surface area contributed by atoms with Gasteiger partial charge in [-0.2, -0.15) is 0 Å².